The number of halogens is 8. The summed E-state index contributed by atoms with van der Waals surface area (Å²) in [4.78, 5) is -0.657. The van der Waals surface area contributed by atoms with E-state index in [0.29, 0.717) is 11.8 Å². The molecular formula is C12H8F8OS. The number of methoxy groups -OCH3 is 1. The summed E-state index contributed by atoms with van der Waals surface area (Å²) < 4.78 is 114. The standard InChI is InChI=1S/C12H8F8OS/c1-21-5-3-4-6(22-2)8-7(5)9(13,14)11(17,18)12(19,20)10(8,15)16/h3-4H,1-2H3. The summed E-state index contributed by atoms with van der Waals surface area (Å²) in [7, 11) is 0.785. The zero-order valence-corrected chi connectivity index (χ0v) is 11.8. The number of thioether (sulfide) groups is 1. The highest BCUT2D eigenvalue weighted by atomic mass is 32.2. The zero-order chi connectivity index (χ0) is 17.1. The van der Waals surface area contributed by atoms with Gasteiger partial charge in [0.15, 0.2) is 0 Å². The maximum absolute atomic E-state index is 13.9. The van der Waals surface area contributed by atoms with E-state index in [9.17, 15) is 35.1 Å². The summed E-state index contributed by atoms with van der Waals surface area (Å²) in [6, 6.07) is 1.60. The van der Waals surface area contributed by atoms with Crippen molar-refractivity contribution in [1.29, 1.82) is 0 Å². The molecule has 22 heavy (non-hydrogen) atoms. The van der Waals surface area contributed by atoms with Crippen LogP contribution in [0.5, 0.6) is 5.75 Å². The molecule has 0 spiro atoms. The molecule has 0 amide bonds. The van der Waals surface area contributed by atoms with E-state index >= 15 is 0 Å². The van der Waals surface area contributed by atoms with Gasteiger partial charge >= 0.3 is 23.7 Å². The lowest BCUT2D eigenvalue weighted by Gasteiger charge is -2.43. The van der Waals surface area contributed by atoms with Crippen molar-refractivity contribution >= 4 is 11.8 Å². The van der Waals surface area contributed by atoms with Crippen LogP contribution in [-0.2, 0) is 11.8 Å². The van der Waals surface area contributed by atoms with Crippen LogP contribution in [0.25, 0.3) is 0 Å². The third-order valence-electron chi connectivity index (χ3n) is 3.38. The highest BCUT2D eigenvalue weighted by molar-refractivity contribution is 7.98. The van der Waals surface area contributed by atoms with Crippen molar-refractivity contribution in [1.82, 2.24) is 0 Å². The molecule has 0 radical (unpaired) electrons. The lowest BCUT2D eigenvalue weighted by atomic mass is 9.79. The predicted molar refractivity (Wildman–Crippen MR) is 62.5 cm³/mol. The SMILES string of the molecule is COc1ccc(SC)c2c1C(F)(F)C(F)(F)C(F)(F)C2(F)F. The molecule has 0 fully saturated rings. The van der Waals surface area contributed by atoms with E-state index in [4.69, 9.17) is 0 Å². The van der Waals surface area contributed by atoms with Crippen LogP contribution in [0.3, 0.4) is 0 Å². The topological polar surface area (TPSA) is 9.23 Å². The van der Waals surface area contributed by atoms with Crippen molar-refractivity contribution in [2.45, 2.75) is 28.6 Å². The van der Waals surface area contributed by atoms with Crippen molar-refractivity contribution < 1.29 is 39.9 Å². The fourth-order valence-corrected chi connectivity index (χ4v) is 2.87. The van der Waals surface area contributed by atoms with Crippen LogP contribution in [0.2, 0.25) is 0 Å². The first-order valence-corrected chi connectivity index (χ1v) is 6.87. The minimum absolute atomic E-state index is 0.459. The van der Waals surface area contributed by atoms with E-state index in [1.54, 1.807) is 0 Å². The van der Waals surface area contributed by atoms with Crippen LogP contribution < -0.4 is 4.74 Å². The fourth-order valence-electron chi connectivity index (χ4n) is 2.24. The molecule has 0 saturated heterocycles. The minimum Gasteiger partial charge on any atom is -0.496 e. The van der Waals surface area contributed by atoms with Gasteiger partial charge in [-0.3, -0.25) is 0 Å². The molecule has 0 saturated carbocycles. The van der Waals surface area contributed by atoms with Gasteiger partial charge in [0.05, 0.1) is 18.2 Å². The Morgan fingerprint density at radius 2 is 1.27 bits per heavy atom. The molecule has 0 bridgehead atoms. The third-order valence-corrected chi connectivity index (χ3v) is 4.16. The first-order chi connectivity index (χ1) is 9.87. The van der Waals surface area contributed by atoms with E-state index in [1.165, 1.54) is 6.26 Å². The molecule has 0 atom stereocenters. The van der Waals surface area contributed by atoms with Crippen molar-refractivity contribution in [3.05, 3.63) is 23.3 Å². The van der Waals surface area contributed by atoms with E-state index in [0.717, 1.165) is 19.2 Å². The maximum Gasteiger partial charge on any atom is 0.383 e. The Bertz CT molecular complexity index is 560. The van der Waals surface area contributed by atoms with Gasteiger partial charge in [-0.2, -0.15) is 35.1 Å². The van der Waals surface area contributed by atoms with Crippen LogP contribution in [0.1, 0.15) is 11.1 Å². The number of benzene rings is 1. The van der Waals surface area contributed by atoms with Crippen molar-refractivity contribution in [2.24, 2.45) is 0 Å². The Labute approximate surface area is 123 Å². The predicted octanol–water partition coefficient (Wildman–Crippen LogP) is 4.88. The van der Waals surface area contributed by atoms with Crippen LogP contribution in [-0.4, -0.2) is 25.2 Å². The average Bonchev–Trinajstić information content (AvgIpc) is 2.43. The van der Waals surface area contributed by atoms with E-state index in [1.807, 2.05) is 0 Å². The minimum atomic E-state index is -6.28. The molecule has 0 aromatic heterocycles. The summed E-state index contributed by atoms with van der Waals surface area (Å²) in [6.07, 6.45) is 1.17. The smallest absolute Gasteiger partial charge is 0.383 e. The number of hydrogen-bond acceptors (Lipinski definition) is 2. The Balaban J connectivity index is 3.02. The quantitative estimate of drug-likeness (QED) is 0.554. The largest absolute Gasteiger partial charge is 0.496 e. The normalized spacial score (nSPS) is 23.7. The second-order valence-corrected chi connectivity index (χ2v) is 5.37. The number of rotatable bonds is 2. The third kappa shape index (κ3) is 1.73. The fraction of sp³-hybridized carbons (Fsp3) is 0.500. The molecule has 10 heteroatoms. The molecule has 2 rings (SSSR count). The van der Waals surface area contributed by atoms with Crippen molar-refractivity contribution in [2.75, 3.05) is 13.4 Å². The molecule has 1 aliphatic carbocycles. The van der Waals surface area contributed by atoms with Crippen LogP contribution in [0, 0.1) is 0 Å². The Morgan fingerprint density at radius 3 is 1.68 bits per heavy atom. The Morgan fingerprint density at radius 1 is 0.818 bits per heavy atom. The molecule has 0 unspecified atom stereocenters. The summed E-state index contributed by atoms with van der Waals surface area (Å²) in [5, 5.41) is 0. The van der Waals surface area contributed by atoms with Gasteiger partial charge in [-0.15, -0.1) is 11.8 Å². The van der Waals surface area contributed by atoms with Crippen LogP contribution >= 0.6 is 11.8 Å². The molecule has 0 N–H and O–H groups in total. The summed E-state index contributed by atoms with van der Waals surface area (Å²) >= 11 is 0.459. The average molecular weight is 352 g/mol. The number of fused-ring (bicyclic) bond motifs is 1. The molecule has 0 heterocycles. The van der Waals surface area contributed by atoms with Gasteiger partial charge in [0, 0.05) is 4.90 Å². The second kappa shape index (κ2) is 4.65. The maximum atomic E-state index is 13.9. The summed E-state index contributed by atoms with van der Waals surface area (Å²) in [6.45, 7) is 0. The van der Waals surface area contributed by atoms with Gasteiger partial charge in [-0.05, 0) is 18.4 Å². The number of hydrogen-bond donors (Lipinski definition) is 0. The molecular weight excluding hydrogens is 344 g/mol. The monoisotopic (exact) mass is 352 g/mol. The van der Waals surface area contributed by atoms with Crippen LogP contribution in [0.4, 0.5) is 35.1 Å². The first kappa shape index (κ1) is 17.2. The van der Waals surface area contributed by atoms with Gasteiger partial charge < -0.3 is 4.74 Å². The summed E-state index contributed by atoms with van der Waals surface area (Å²) in [5.74, 6) is -24.5. The van der Waals surface area contributed by atoms with E-state index < -0.39 is 45.5 Å². The first-order valence-electron chi connectivity index (χ1n) is 5.65. The number of ether oxygens (including phenoxy) is 1. The second-order valence-electron chi connectivity index (χ2n) is 4.52. The molecule has 124 valence electrons. The highest BCUT2D eigenvalue weighted by Crippen LogP contribution is 2.67. The van der Waals surface area contributed by atoms with Gasteiger partial charge in [0.1, 0.15) is 5.75 Å². The molecule has 1 aromatic rings. The van der Waals surface area contributed by atoms with Gasteiger partial charge in [-0.1, -0.05) is 0 Å². The lowest BCUT2D eigenvalue weighted by molar-refractivity contribution is -0.387. The van der Waals surface area contributed by atoms with Gasteiger partial charge in [-0.25, -0.2) is 0 Å². The molecule has 1 aromatic carbocycles. The van der Waals surface area contributed by atoms with Gasteiger partial charge in [0.2, 0.25) is 0 Å². The Kier molecular flexibility index (Phi) is 3.63. The van der Waals surface area contributed by atoms with Crippen molar-refractivity contribution in [3.8, 4) is 5.75 Å². The zero-order valence-electron chi connectivity index (χ0n) is 11.0. The number of alkyl halides is 8. The molecule has 1 nitrogen and oxygen atoms in total. The Hall–Kier alpha value is -1.19. The highest BCUT2D eigenvalue weighted by Gasteiger charge is 2.86. The van der Waals surface area contributed by atoms with E-state index in [2.05, 4.69) is 4.74 Å². The van der Waals surface area contributed by atoms with E-state index in [-0.39, 0.29) is 0 Å². The summed E-state index contributed by atoms with van der Waals surface area (Å²) in [5.41, 5.74) is -3.75. The molecule has 0 aliphatic heterocycles. The lowest BCUT2D eigenvalue weighted by Crippen LogP contribution is -2.64. The van der Waals surface area contributed by atoms with Gasteiger partial charge in [0.25, 0.3) is 0 Å². The van der Waals surface area contributed by atoms with Crippen molar-refractivity contribution in [3.63, 3.8) is 0 Å². The molecule has 1 aliphatic rings. The van der Waals surface area contributed by atoms with Crippen LogP contribution in [0.15, 0.2) is 17.0 Å².